The lowest BCUT2D eigenvalue weighted by Gasteiger charge is -2.31. The number of fused-ring (bicyclic) bond motifs is 6. The molecule has 2 atom stereocenters. The summed E-state index contributed by atoms with van der Waals surface area (Å²) < 4.78 is 18.2. The van der Waals surface area contributed by atoms with E-state index in [1.54, 1.807) is 17.6 Å². The smallest absolute Gasteiger partial charge is 0.343 e. The second-order valence-corrected chi connectivity index (χ2v) is 8.76. The summed E-state index contributed by atoms with van der Waals surface area (Å²) in [5.41, 5.74) is 8.40. The number of benzene rings is 1. The highest BCUT2D eigenvalue weighted by Crippen LogP contribution is 2.43. The molecule has 0 saturated heterocycles. The summed E-state index contributed by atoms with van der Waals surface area (Å²) >= 11 is 0. The van der Waals surface area contributed by atoms with Crippen molar-refractivity contribution in [3.05, 3.63) is 50.8 Å². The second kappa shape index (κ2) is 6.79. The Morgan fingerprint density at radius 3 is 2.58 bits per heavy atom. The van der Waals surface area contributed by atoms with Crippen molar-refractivity contribution in [1.82, 2.24) is 9.55 Å². The lowest BCUT2D eigenvalue weighted by Crippen LogP contribution is -2.44. The summed E-state index contributed by atoms with van der Waals surface area (Å²) in [5, 5.41) is 11.9. The fraction of sp³-hybridized carbons (Fsp3) is 0.375. The number of pyridine rings is 2. The number of hydrogen-bond donors (Lipinski definition) is 2. The number of nitrogens with zero attached hydrogens (tertiary/aromatic N) is 2. The van der Waals surface area contributed by atoms with Crippen LogP contribution in [0.1, 0.15) is 48.6 Å². The minimum Gasteiger partial charge on any atom is -0.486 e. The van der Waals surface area contributed by atoms with Crippen LogP contribution in [0.15, 0.2) is 23.0 Å². The summed E-state index contributed by atoms with van der Waals surface area (Å²) in [6.45, 7) is 4.63. The van der Waals surface area contributed by atoms with Crippen LogP contribution in [0.2, 0.25) is 0 Å². The second-order valence-electron chi connectivity index (χ2n) is 8.76. The number of aromatic nitrogens is 2. The number of nitrogens with two attached hydrogens (primary N) is 1. The molecule has 3 aromatic rings. The molecule has 3 aliphatic heterocycles. The first-order chi connectivity index (χ1) is 15.8. The number of ether oxygens (including phenoxy) is 3. The van der Waals surface area contributed by atoms with Gasteiger partial charge in [0.05, 0.1) is 29.0 Å². The molecule has 9 nitrogen and oxygen atoms in total. The molecule has 0 fully saturated rings. The fourth-order valence-corrected chi connectivity index (χ4v) is 5.17. The van der Waals surface area contributed by atoms with Crippen LogP contribution in [0.25, 0.3) is 22.3 Å². The maximum Gasteiger partial charge on any atom is 0.343 e. The number of rotatable bonds is 2. The maximum absolute atomic E-state index is 13.4. The first-order valence-corrected chi connectivity index (χ1v) is 11.0. The highest BCUT2D eigenvalue weighted by Gasteiger charge is 2.45. The van der Waals surface area contributed by atoms with E-state index in [0.717, 1.165) is 16.5 Å². The van der Waals surface area contributed by atoms with E-state index >= 15 is 0 Å². The van der Waals surface area contributed by atoms with Gasteiger partial charge in [-0.1, -0.05) is 6.92 Å². The molecule has 3 N–H and O–H groups in total. The standard InChI is InChI=1S/C24H23N3O6/c1-3-24(30)15-7-17-21-13(9-27(17)22(28)14(15)10-33-23(24)29)20(11(2)25)12-6-18-19(8-16(12)26-21)32-5-4-31-18/h6-8,11,30H,3-5,9-10,25H2,1-2H3/t11-,24+/m1/s1. The number of aliphatic hydroxyl groups is 1. The molecule has 0 aliphatic carbocycles. The summed E-state index contributed by atoms with van der Waals surface area (Å²) in [6, 6.07) is 5.10. The SMILES string of the molecule is CC[C@@]1(O)C(=O)OCc2c1cc1n(c2=O)Cc2c-1nc1cc3c(cc1c2[C@@H](C)N)OCCO3. The number of hydrogen-bond acceptors (Lipinski definition) is 8. The van der Waals surface area contributed by atoms with E-state index in [9.17, 15) is 14.7 Å². The van der Waals surface area contributed by atoms with E-state index in [-0.39, 0.29) is 30.2 Å². The summed E-state index contributed by atoms with van der Waals surface area (Å²) in [7, 11) is 0. The lowest BCUT2D eigenvalue weighted by atomic mass is 9.86. The van der Waals surface area contributed by atoms with Crippen LogP contribution in [0.3, 0.4) is 0 Å². The van der Waals surface area contributed by atoms with Gasteiger partial charge in [0.25, 0.3) is 5.56 Å². The number of carbonyl (C=O) groups is 1. The average molecular weight is 449 g/mol. The van der Waals surface area contributed by atoms with E-state index in [2.05, 4.69) is 0 Å². The van der Waals surface area contributed by atoms with Gasteiger partial charge in [0.15, 0.2) is 17.1 Å². The zero-order valence-electron chi connectivity index (χ0n) is 18.3. The highest BCUT2D eigenvalue weighted by atomic mass is 16.6. The molecule has 5 heterocycles. The normalized spacial score (nSPS) is 21.3. The zero-order valence-corrected chi connectivity index (χ0v) is 18.3. The first-order valence-electron chi connectivity index (χ1n) is 11.0. The highest BCUT2D eigenvalue weighted by molar-refractivity contribution is 5.91. The van der Waals surface area contributed by atoms with Crippen molar-refractivity contribution in [2.24, 2.45) is 5.73 Å². The van der Waals surface area contributed by atoms with Gasteiger partial charge in [0, 0.05) is 28.6 Å². The van der Waals surface area contributed by atoms with E-state index in [4.69, 9.17) is 24.9 Å². The Morgan fingerprint density at radius 1 is 1.15 bits per heavy atom. The number of carbonyl (C=O) groups excluding carboxylic acids is 1. The van der Waals surface area contributed by atoms with Crippen LogP contribution in [0.5, 0.6) is 11.5 Å². The first kappa shape index (κ1) is 20.2. The third-order valence-electron chi connectivity index (χ3n) is 6.85. The topological polar surface area (TPSA) is 126 Å². The van der Waals surface area contributed by atoms with Crippen molar-refractivity contribution in [2.45, 2.75) is 45.1 Å². The molecular formula is C24H23N3O6. The Labute approximate surface area is 188 Å². The quantitative estimate of drug-likeness (QED) is 0.444. The van der Waals surface area contributed by atoms with Crippen LogP contribution >= 0.6 is 0 Å². The van der Waals surface area contributed by atoms with Crippen molar-refractivity contribution < 1.29 is 24.1 Å². The molecule has 170 valence electrons. The van der Waals surface area contributed by atoms with Crippen LogP contribution in [-0.4, -0.2) is 33.8 Å². The predicted octanol–water partition coefficient (Wildman–Crippen LogP) is 1.87. The summed E-state index contributed by atoms with van der Waals surface area (Å²) in [4.78, 5) is 30.7. The van der Waals surface area contributed by atoms with Gasteiger partial charge < -0.3 is 29.6 Å². The minimum atomic E-state index is -1.86. The van der Waals surface area contributed by atoms with Crippen LogP contribution < -0.4 is 20.8 Å². The van der Waals surface area contributed by atoms with Gasteiger partial charge in [-0.05, 0) is 31.0 Å². The molecule has 2 aromatic heterocycles. The predicted molar refractivity (Wildman–Crippen MR) is 118 cm³/mol. The fourth-order valence-electron chi connectivity index (χ4n) is 5.17. The molecule has 0 spiro atoms. The zero-order chi connectivity index (χ0) is 23.1. The third-order valence-corrected chi connectivity index (χ3v) is 6.85. The molecule has 9 heteroatoms. The lowest BCUT2D eigenvalue weighted by molar-refractivity contribution is -0.172. The summed E-state index contributed by atoms with van der Waals surface area (Å²) in [5.74, 6) is 0.511. The minimum absolute atomic E-state index is 0.0916. The van der Waals surface area contributed by atoms with Crippen LogP contribution in [0, 0.1) is 0 Å². The van der Waals surface area contributed by atoms with Gasteiger partial charge in [0.2, 0.25) is 0 Å². The monoisotopic (exact) mass is 449 g/mol. The molecule has 0 bridgehead atoms. The van der Waals surface area contributed by atoms with Crippen LogP contribution in [-0.2, 0) is 28.3 Å². The molecule has 0 saturated carbocycles. The average Bonchev–Trinajstić information content (AvgIpc) is 3.17. The molecule has 3 aliphatic rings. The third kappa shape index (κ3) is 2.63. The van der Waals surface area contributed by atoms with Gasteiger partial charge in [-0.2, -0.15) is 0 Å². The maximum atomic E-state index is 13.4. The number of esters is 1. The van der Waals surface area contributed by atoms with Gasteiger partial charge >= 0.3 is 5.97 Å². The molecule has 0 radical (unpaired) electrons. The van der Waals surface area contributed by atoms with E-state index in [0.29, 0.717) is 53.7 Å². The van der Waals surface area contributed by atoms with Gasteiger partial charge in [0.1, 0.15) is 19.8 Å². The Kier molecular flexibility index (Phi) is 4.15. The van der Waals surface area contributed by atoms with Crippen LogP contribution in [0.4, 0.5) is 0 Å². The molecule has 0 unspecified atom stereocenters. The van der Waals surface area contributed by atoms with Crippen molar-refractivity contribution >= 4 is 16.9 Å². The number of cyclic esters (lactones) is 1. The van der Waals surface area contributed by atoms with E-state index in [1.165, 1.54) is 0 Å². The molecule has 6 rings (SSSR count). The van der Waals surface area contributed by atoms with Crippen molar-refractivity contribution in [2.75, 3.05) is 13.2 Å². The van der Waals surface area contributed by atoms with Crippen molar-refractivity contribution in [3.8, 4) is 22.9 Å². The van der Waals surface area contributed by atoms with E-state index in [1.807, 2.05) is 19.1 Å². The molecule has 1 aromatic carbocycles. The van der Waals surface area contributed by atoms with Gasteiger partial charge in [-0.25, -0.2) is 9.78 Å². The largest absolute Gasteiger partial charge is 0.486 e. The van der Waals surface area contributed by atoms with Crippen molar-refractivity contribution in [3.63, 3.8) is 0 Å². The molecular weight excluding hydrogens is 426 g/mol. The van der Waals surface area contributed by atoms with Crippen molar-refractivity contribution in [1.29, 1.82) is 0 Å². The Morgan fingerprint density at radius 2 is 1.88 bits per heavy atom. The van der Waals surface area contributed by atoms with Gasteiger partial charge in [-0.15, -0.1) is 0 Å². The Bertz CT molecular complexity index is 1430. The Balaban J connectivity index is 1.65. The van der Waals surface area contributed by atoms with Gasteiger partial charge in [-0.3, -0.25) is 4.79 Å². The van der Waals surface area contributed by atoms with E-state index < -0.39 is 11.6 Å². The molecule has 0 amide bonds. The summed E-state index contributed by atoms with van der Waals surface area (Å²) in [6.07, 6.45) is 0.0916. The Hall–Kier alpha value is -3.43. The molecule has 33 heavy (non-hydrogen) atoms.